The first kappa shape index (κ1) is 15.8. The Bertz CT molecular complexity index is 418. The van der Waals surface area contributed by atoms with Gasteiger partial charge in [-0.05, 0) is 19.4 Å². The van der Waals surface area contributed by atoms with Crippen LogP contribution in [0.15, 0.2) is 24.3 Å². The highest BCUT2D eigenvalue weighted by molar-refractivity contribution is 6.01. The molecule has 0 aromatic heterocycles. The summed E-state index contributed by atoms with van der Waals surface area (Å²) in [6, 6.07) is 6.42. The Labute approximate surface area is 112 Å². The van der Waals surface area contributed by atoms with Crippen LogP contribution in [-0.2, 0) is 6.42 Å². The highest BCUT2D eigenvalue weighted by atomic mass is 16.4. The summed E-state index contributed by atoms with van der Waals surface area (Å²) in [7, 11) is 0. The van der Waals surface area contributed by atoms with Gasteiger partial charge in [0.2, 0.25) is 0 Å². The Kier molecular flexibility index (Phi) is 5.20. The second-order valence-corrected chi connectivity index (χ2v) is 5.11. The van der Waals surface area contributed by atoms with Crippen LogP contribution >= 0.6 is 0 Å². The minimum absolute atomic E-state index is 0.179. The van der Waals surface area contributed by atoms with Gasteiger partial charge in [0.15, 0.2) is 5.78 Å². The molecular weight excluding hydrogens is 248 g/mol. The maximum Gasteiger partial charge on any atom is 0.193 e. The van der Waals surface area contributed by atoms with Crippen molar-refractivity contribution < 1.29 is 25.2 Å². The van der Waals surface area contributed by atoms with E-state index in [1.165, 1.54) is 13.8 Å². The predicted molar refractivity (Wildman–Crippen MR) is 69.9 cm³/mol. The van der Waals surface area contributed by atoms with Crippen molar-refractivity contribution >= 4 is 5.78 Å². The number of ketones is 1. The van der Waals surface area contributed by atoms with Crippen LogP contribution in [0.25, 0.3) is 0 Å². The Balaban J connectivity index is 2.75. The van der Waals surface area contributed by atoms with Crippen molar-refractivity contribution in [3.05, 3.63) is 35.4 Å². The molecule has 0 fully saturated rings. The van der Waals surface area contributed by atoms with Gasteiger partial charge < -0.3 is 20.4 Å². The highest BCUT2D eigenvalue weighted by Crippen LogP contribution is 2.14. The first-order valence-corrected chi connectivity index (χ1v) is 6.09. The summed E-state index contributed by atoms with van der Waals surface area (Å²) >= 11 is 0. The molecule has 0 saturated heterocycles. The number of aliphatic hydroxyl groups excluding tert-OH is 3. The zero-order chi connectivity index (χ0) is 14.6. The fourth-order valence-electron chi connectivity index (χ4n) is 1.64. The molecule has 2 atom stereocenters. The summed E-state index contributed by atoms with van der Waals surface area (Å²) in [5.74, 6) is -0.380. The van der Waals surface area contributed by atoms with E-state index in [1.807, 2.05) is 0 Å². The molecule has 4 N–H and O–H groups in total. The fourth-order valence-corrected chi connectivity index (χ4v) is 1.64. The third-order valence-corrected chi connectivity index (χ3v) is 2.85. The van der Waals surface area contributed by atoms with Gasteiger partial charge in [-0.2, -0.15) is 0 Å². The lowest BCUT2D eigenvalue weighted by Gasteiger charge is -2.17. The molecule has 5 nitrogen and oxygen atoms in total. The van der Waals surface area contributed by atoms with Crippen molar-refractivity contribution in [2.45, 2.75) is 38.1 Å². The normalized spacial score (nSPS) is 15.1. The van der Waals surface area contributed by atoms with E-state index < -0.39 is 24.4 Å². The molecule has 0 saturated carbocycles. The summed E-state index contributed by atoms with van der Waals surface area (Å²) in [5.41, 5.74) is -0.311. The third kappa shape index (κ3) is 4.40. The molecule has 5 heteroatoms. The Morgan fingerprint density at radius 2 is 1.68 bits per heavy atom. The number of Topliss-reactive ketones (excluding diaryl/α,β-unsaturated/α-hetero) is 1. The molecular formula is C14H20O5. The van der Waals surface area contributed by atoms with Gasteiger partial charge in [0, 0.05) is 12.0 Å². The molecule has 19 heavy (non-hydrogen) atoms. The largest absolute Gasteiger partial charge is 0.394 e. The van der Waals surface area contributed by atoms with Gasteiger partial charge in [0.25, 0.3) is 0 Å². The summed E-state index contributed by atoms with van der Waals surface area (Å²) in [4.78, 5) is 11.8. The van der Waals surface area contributed by atoms with Crippen LogP contribution in [0.3, 0.4) is 0 Å². The number of aliphatic hydroxyl groups is 4. The summed E-state index contributed by atoms with van der Waals surface area (Å²) in [6.07, 6.45) is -2.06. The first-order valence-electron chi connectivity index (χ1n) is 6.09. The van der Waals surface area contributed by atoms with Crippen molar-refractivity contribution in [1.29, 1.82) is 0 Å². The van der Waals surface area contributed by atoms with Gasteiger partial charge in [0.05, 0.1) is 12.7 Å². The number of rotatable bonds is 6. The Hall–Kier alpha value is -1.27. The van der Waals surface area contributed by atoms with Gasteiger partial charge in [0.1, 0.15) is 11.7 Å². The third-order valence-electron chi connectivity index (χ3n) is 2.85. The number of carbonyl (C=O) groups excluding carboxylic acids is 1. The molecule has 0 aliphatic rings. The minimum atomic E-state index is -1.42. The van der Waals surface area contributed by atoms with Crippen LogP contribution in [0.1, 0.15) is 29.8 Å². The van der Waals surface area contributed by atoms with Gasteiger partial charge in [-0.3, -0.25) is 4.79 Å². The van der Waals surface area contributed by atoms with Crippen LogP contribution in [-0.4, -0.2) is 50.6 Å². The molecule has 2 unspecified atom stereocenters. The number of hydrogen-bond acceptors (Lipinski definition) is 5. The lowest BCUT2D eigenvalue weighted by molar-refractivity contribution is -0.0132. The number of carbonyl (C=O) groups is 1. The molecule has 0 heterocycles. The average molecular weight is 268 g/mol. The molecule has 0 radical (unpaired) electrons. The topological polar surface area (TPSA) is 98.0 Å². The van der Waals surface area contributed by atoms with E-state index in [9.17, 15) is 20.1 Å². The summed E-state index contributed by atoms with van der Waals surface area (Å²) < 4.78 is 0. The van der Waals surface area contributed by atoms with Crippen molar-refractivity contribution in [3.8, 4) is 0 Å². The molecule has 0 spiro atoms. The van der Waals surface area contributed by atoms with Gasteiger partial charge >= 0.3 is 0 Å². The van der Waals surface area contributed by atoms with Crippen LogP contribution in [0.4, 0.5) is 0 Å². The molecule has 0 aliphatic heterocycles. The quantitative estimate of drug-likeness (QED) is 0.540. The van der Waals surface area contributed by atoms with E-state index in [2.05, 4.69) is 0 Å². The predicted octanol–water partition coefficient (Wildman–Crippen LogP) is -0.103. The van der Waals surface area contributed by atoms with Gasteiger partial charge in [-0.1, -0.05) is 24.3 Å². The zero-order valence-electron chi connectivity index (χ0n) is 11.1. The van der Waals surface area contributed by atoms with Crippen LogP contribution in [0.5, 0.6) is 0 Å². The zero-order valence-corrected chi connectivity index (χ0v) is 11.1. The number of hydrogen-bond donors (Lipinski definition) is 4. The second kappa shape index (κ2) is 6.25. The van der Waals surface area contributed by atoms with E-state index in [0.717, 1.165) is 5.56 Å². The van der Waals surface area contributed by atoms with E-state index in [4.69, 9.17) is 5.11 Å². The molecule has 0 aliphatic carbocycles. The van der Waals surface area contributed by atoms with Crippen molar-refractivity contribution in [3.63, 3.8) is 0 Å². The van der Waals surface area contributed by atoms with Crippen molar-refractivity contribution in [1.82, 2.24) is 0 Å². The van der Waals surface area contributed by atoms with Crippen molar-refractivity contribution in [2.75, 3.05) is 6.61 Å². The van der Waals surface area contributed by atoms with Crippen molar-refractivity contribution in [2.24, 2.45) is 0 Å². The molecule has 1 rings (SSSR count). The number of benzene rings is 1. The average Bonchev–Trinajstić information content (AvgIpc) is 2.36. The Morgan fingerprint density at radius 1 is 1.16 bits per heavy atom. The van der Waals surface area contributed by atoms with E-state index in [1.54, 1.807) is 24.3 Å². The minimum Gasteiger partial charge on any atom is -0.394 e. The van der Waals surface area contributed by atoms with Crippen LogP contribution in [0.2, 0.25) is 0 Å². The molecule has 1 aromatic carbocycles. The van der Waals surface area contributed by atoms with E-state index in [0.29, 0.717) is 5.56 Å². The second-order valence-electron chi connectivity index (χ2n) is 5.11. The Morgan fingerprint density at radius 3 is 2.11 bits per heavy atom. The highest BCUT2D eigenvalue weighted by Gasteiger charge is 2.25. The fraction of sp³-hybridized carbons (Fsp3) is 0.500. The lowest BCUT2D eigenvalue weighted by atomic mass is 9.95. The maximum atomic E-state index is 11.8. The maximum absolute atomic E-state index is 11.8. The van der Waals surface area contributed by atoms with Crippen LogP contribution < -0.4 is 0 Å². The molecule has 106 valence electrons. The smallest absolute Gasteiger partial charge is 0.193 e. The monoisotopic (exact) mass is 268 g/mol. The standard InChI is InChI=1S/C14H20O5/c1-14(2,19)13(18)10-5-3-9(4-6-10)7-11(16)12(17)8-15/h3-6,11-12,15-17,19H,7-8H2,1-2H3. The van der Waals surface area contributed by atoms with E-state index in [-0.39, 0.29) is 12.2 Å². The lowest BCUT2D eigenvalue weighted by Crippen LogP contribution is -2.31. The van der Waals surface area contributed by atoms with Gasteiger partial charge in [-0.15, -0.1) is 0 Å². The van der Waals surface area contributed by atoms with E-state index >= 15 is 0 Å². The van der Waals surface area contributed by atoms with Gasteiger partial charge in [-0.25, -0.2) is 0 Å². The van der Waals surface area contributed by atoms with Crippen LogP contribution in [0, 0.1) is 0 Å². The first-order chi connectivity index (χ1) is 8.75. The molecule has 0 bridgehead atoms. The summed E-state index contributed by atoms with van der Waals surface area (Å²) in [5, 5.41) is 37.1. The SMILES string of the molecule is CC(C)(O)C(=O)c1ccc(CC(O)C(O)CO)cc1. The molecule has 0 amide bonds. The summed E-state index contributed by atoms with van der Waals surface area (Å²) in [6.45, 7) is 2.34. The molecule has 1 aromatic rings.